The van der Waals surface area contributed by atoms with E-state index in [2.05, 4.69) is 13.8 Å². The van der Waals surface area contributed by atoms with Crippen molar-refractivity contribution in [3.63, 3.8) is 0 Å². The normalized spacial score (nSPS) is 33.4. The van der Waals surface area contributed by atoms with Crippen LogP contribution in [-0.4, -0.2) is 44.3 Å². The van der Waals surface area contributed by atoms with Crippen molar-refractivity contribution in [3.05, 3.63) is 0 Å². The standard InChI is InChI=1S/C14H26O4S/c1-3-5-11-13(17-11)7-9-19(15,16)10-8-14-12(18-14)6-4-2/h11-14H,3-10H2,1-2H3. The largest absolute Gasteiger partial charge is 0.370 e. The molecule has 4 nitrogen and oxygen atoms in total. The van der Waals surface area contributed by atoms with Crippen LogP contribution in [-0.2, 0) is 19.3 Å². The number of sulfone groups is 1. The van der Waals surface area contributed by atoms with Crippen LogP contribution in [0, 0.1) is 0 Å². The Kier molecular flexibility index (Phi) is 5.26. The molecule has 0 bridgehead atoms. The van der Waals surface area contributed by atoms with Crippen molar-refractivity contribution in [2.24, 2.45) is 0 Å². The van der Waals surface area contributed by atoms with Gasteiger partial charge >= 0.3 is 0 Å². The third kappa shape index (κ3) is 5.04. The maximum Gasteiger partial charge on any atom is 0.150 e. The first-order valence-corrected chi connectivity index (χ1v) is 9.39. The Morgan fingerprint density at radius 2 is 1.11 bits per heavy atom. The van der Waals surface area contributed by atoms with Gasteiger partial charge < -0.3 is 9.47 Å². The zero-order valence-corrected chi connectivity index (χ0v) is 12.8. The van der Waals surface area contributed by atoms with Crippen LogP contribution < -0.4 is 0 Å². The first kappa shape index (κ1) is 15.3. The summed E-state index contributed by atoms with van der Waals surface area (Å²) in [6.45, 7) is 4.25. The molecule has 2 rings (SSSR count). The molecular weight excluding hydrogens is 264 g/mol. The SMILES string of the molecule is CCCC1OC1CCS(=O)(=O)CCC1OC1CCC. The Balaban J connectivity index is 1.58. The lowest BCUT2D eigenvalue weighted by Gasteiger charge is -2.01. The van der Waals surface area contributed by atoms with Crippen LogP contribution >= 0.6 is 0 Å². The Bertz CT molecular complexity index is 349. The Morgan fingerprint density at radius 1 is 0.737 bits per heavy atom. The van der Waals surface area contributed by atoms with Gasteiger partial charge in [-0.3, -0.25) is 0 Å². The van der Waals surface area contributed by atoms with E-state index < -0.39 is 9.84 Å². The molecule has 0 aliphatic carbocycles. The highest BCUT2D eigenvalue weighted by atomic mass is 32.2. The van der Waals surface area contributed by atoms with E-state index in [1.54, 1.807) is 0 Å². The molecule has 0 aromatic rings. The van der Waals surface area contributed by atoms with Gasteiger partial charge in [-0.15, -0.1) is 0 Å². The van der Waals surface area contributed by atoms with Gasteiger partial charge in [0, 0.05) is 0 Å². The second-order valence-corrected chi connectivity index (χ2v) is 8.04. The van der Waals surface area contributed by atoms with Crippen molar-refractivity contribution in [1.82, 2.24) is 0 Å². The minimum Gasteiger partial charge on any atom is -0.370 e. The maximum atomic E-state index is 11.9. The molecule has 0 aromatic heterocycles. The van der Waals surface area contributed by atoms with Crippen molar-refractivity contribution in [1.29, 1.82) is 0 Å². The average Bonchev–Trinajstić information content (AvgIpc) is 3.23. The predicted molar refractivity (Wildman–Crippen MR) is 75.0 cm³/mol. The molecule has 0 saturated carbocycles. The molecule has 19 heavy (non-hydrogen) atoms. The van der Waals surface area contributed by atoms with Gasteiger partial charge in [-0.25, -0.2) is 8.42 Å². The van der Waals surface area contributed by atoms with E-state index >= 15 is 0 Å². The van der Waals surface area contributed by atoms with E-state index in [0.29, 0.717) is 25.0 Å². The zero-order chi connectivity index (χ0) is 13.9. The molecule has 0 amide bonds. The summed E-state index contributed by atoms with van der Waals surface area (Å²) in [6.07, 6.45) is 6.67. The Morgan fingerprint density at radius 3 is 1.47 bits per heavy atom. The molecule has 0 N–H and O–H groups in total. The van der Waals surface area contributed by atoms with Crippen LogP contribution in [0.1, 0.15) is 52.4 Å². The number of epoxide rings is 2. The van der Waals surface area contributed by atoms with Gasteiger partial charge in [-0.05, 0) is 25.7 Å². The molecule has 2 saturated heterocycles. The van der Waals surface area contributed by atoms with Crippen LogP contribution in [0.3, 0.4) is 0 Å². The van der Waals surface area contributed by atoms with Crippen LogP contribution in [0.2, 0.25) is 0 Å². The lowest BCUT2D eigenvalue weighted by molar-refractivity contribution is 0.357. The summed E-state index contributed by atoms with van der Waals surface area (Å²) in [5.41, 5.74) is 0. The van der Waals surface area contributed by atoms with E-state index in [1.807, 2.05) is 0 Å². The minimum absolute atomic E-state index is 0.194. The van der Waals surface area contributed by atoms with Gasteiger partial charge in [-0.2, -0.15) is 0 Å². The fraction of sp³-hybridized carbons (Fsp3) is 1.00. The van der Waals surface area contributed by atoms with Gasteiger partial charge in [0.05, 0.1) is 35.9 Å². The van der Waals surface area contributed by atoms with Crippen molar-refractivity contribution in [2.75, 3.05) is 11.5 Å². The first-order valence-electron chi connectivity index (χ1n) is 7.57. The van der Waals surface area contributed by atoms with E-state index in [1.165, 1.54) is 0 Å². The number of hydrogen-bond acceptors (Lipinski definition) is 4. The highest BCUT2D eigenvalue weighted by molar-refractivity contribution is 7.91. The van der Waals surface area contributed by atoms with Crippen LogP contribution in [0.5, 0.6) is 0 Å². The molecular formula is C14H26O4S. The summed E-state index contributed by atoms with van der Waals surface area (Å²) in [4.78, 5) is 0. The summed E-state index contributed by atoms with van der Waals surface area (Å²) in [5.74, 6) is 0.534. The topological polar surface area (TPSA) is 59.2 Å². The van der Waals surface area contributed by atoms with E-state index in [4.69, 9.17) is 9.47 Å². The molecule has 4 unspecified atom stereocenters. The molecule has 112 valence electrons. The van der Waals surface area contributed by atoms with Gasteiger partial charge in [0.1, 0.15) is 0 Å². The summed E-state index contributed by atoms with van der Waals surface area (Å²) in [5, 5.41) is 0. The van der Waals surface area contributed by atoms with Crippen molar-refractivity contribution in [2.45, 2.75) is 76.8 Å². The number of ether oxygens (including phenoxy) is 2. The third-order valence-corrected chi connectivity index (χ3v) is 5.66. The fourth-order valence-electron chi connectivity index (χ4n) is 2.64. The van der Waals surface area contributed by atoms with Crippen LogP contribution in [0.4, 0.5) is 0 Å². The smallest absolute Gasteiger partial charge is 0.150 e. The van der Waals surface area contributed by atoms with Gasteiger partial charge in [0.15, 0.2) is 9.84 Å². The molecule has 2 aliphatic heterocycles. The van der Waals surface area contributed by atoms with Crippen LogP contribution in [0.15, 0.2) is 0 Å². The molecule has 0 spiro atoms. The molecule has 4 atom stereocenters. The van der Waals surface area contributed by atoms with Crippen LogP contribution in [0.25, 0.3) is 0 Å². The third-order valence-electron chi connectivity index (χ3n) is 3.95. The van der Waals surface area contributed by atoms with Gasteiger partial charge in [0.2, 0.25) is 0 Å². The number of hydrogen-bond donors (Lipinski definition) is 0. The lowest BCUT2D eigenvalue weighted by atomic mass is 10.2. The Hall–Kier alpha value is -0.130. The predicted octanol–water partition coefficient (Wildman–Crippen LogP) is 2.32. The highest BCUT2D eigenvalue weighted by Gasteiger charge is 2.40. The number of rotatable bonds is 10. The lowest BCUT2D eigenvalue weighted by Crippen LogP contribution is -2.15. The summed E-state index contributed by atoms with van der Waals surface area (Å²) in [6, 6.07) is 0. The van der Waals surface area contributed by atoms with Crippen molar-refractivity contribution < 1.29 is 17.9 Å². The van der Waals surface area contributed by atoms with Gasteiger partial charge in [-0.1, -0.05) is 26.7 Å². The van der Waals surface area contributed by atoms with E-state index in [0.717, 1.165) is 25.7 Å². The summed E-state index contributed by atoms with van der Waals surface area (Å²) in [7, 11) is -2.93. The van der Waals surface area contributed by atoms with Gasteiger partial charge in [0.25, 0.3) is 0 Å². The molecule has 5 heteroatoms. The monoisotopic (exact) mass is 290 g/mol. The average molecular weight is 290 g/mol. The quantitative estimate of drug-likeness (QED) is 0.579. The summed E-state index contributed by atoms with van der Waals surface area (Å²) < 4.78 is 34.7. The second-order valence-electron chi connectivity index (χ2n) is 5.73. The van der Waals surface area contributed by atoms with E-state index in [9.17, 15) is 8.42 Å². The highest BCUT2D eigenvalue weighted by Crippen LogP contribution is 2.31. The van der Waals surface area contributed by atoms with Crippen molar-refractivity contribution >= 4 is 9.84 Å². The molecule has 2 heterocycles. The minimum atomic E-state index is -2.93. The first-order chi connectivity index (χ1) is 9.05. The molecule has 0 radical (unpaired) electrons. The molecule has 2 aliphatic rings. The zero-order valence-electron chi connectivity index (χ0n) is 12.0. The molecule has 0 aromatic carbocycles. The Labute approximate surface area is 116 Å². The second kappa shape index (κ2) is 6.55. The summed E-state index contributed by atoms with van der Waals surface area (Å²) >= 11 is 0. The molecule has 2 fully saturated rings. The fourth-order valence-corrected chi connectivity index (χ4v) is 4.02. The van der Waals surface area contributed by atoms with Crippen molar-refractivity contribution in [3.8, 4) is 0 Å². The maximum absolute atomic E-state index is 11.9. The van der Waals surface area contributed by atoms with E-state index in [-0.39, 0.29) is 23.7 Å².